The maximum absolute atomic E-state index is 5.17. The van der Waals surface area contributed by atoms with Crippen molar-refractivity contribution in [2.45, 2.75) is 37.7 Å². The van der Waals surface area contributed by atoms with Gasteiger partial charge in [0, 0.05) is 17.4 Å². The molecular formula is C14H19N3OS. The smallest absolute Gasteiger partial charge is 0.191 e. The number of nitrogens with zero attached hydrogens (tertiary/aromatic N) is 3. The van der Waals surface area contributed by atoms with Gasteiger partial charge in [-0.1, -0.05) is 25.6 Å². The minimum atomic E-state index is 0.498. The molecule has 1 aromatic heterocycles. The number of methoxy groups -OCH3 is 1. The van der Waals surface area contributed by atoms with Crippen molar-refractivity contribution in [1.82, 2.24) is 14.8 Å². The van der Waals surface area contributed by atoms with Crippen LogP contribution in [-0.4, -0.2) is 27.1 Å². The van der Waals surface area contributed by atoms with Crippen LogP contribution in [-0.2, 0) is 6.54 Å². The van der Waals surface area contributed by atoms with Gasteiger partial charge in [-0.15, -0.1) is 10.2 Å². The topological polar surface area (TPSA) is 39.9 Å². The van der Waals surface area contributed by atoms with E-state index in [0.717, 1.165) is 28.8 Å². The van der Waals surface area contributed by atoms with Crippen molar-refractivity contribution in [3.8, 4) is 17.1 Å². The lowest BCUT2D eigenvalue weighted by atomic mass is 10.2. The first-order chi connectivity index (χ1) is 9.15. The van der Waals surface area contributed by atoms with Gasteiger partial charge in [0.15, 0.2) is 11.0 Å². The van der Waals surface area contributed by atoms with E-state index in [0.29, 0.717) is 5.25 Å². The monoisotopic (exact) mass is 277 g/mol. The lowest BCUT2D eigenvalue weighted by molar-refractivity contribution is 0.415. The van der Waals surface area contributed by atoms with Gasteiger partial charge < -0.3 is 9.30 Å². The number of thioether (sulfide) groups is 1. The lowest BCUT2D eigenvalue weighted by Crippen LogP contribution is -2.01. The Bertz CT molecular complexity index is 534. The Labute approximate surface area is 118 Å². The first-order valence-corrected chi connectivity index (χ1v) is 7.28. The van der Waals surface area contributed by atoms with Crippen molar-refractivity contribution in [3.05, 3.63) is 24.3 Å². The molecule has 0 atom stereocenters. The molecule has 0 bridgehead atoms. The maximum Gasteiger partial charge on any atom is 0.191 e. The number of ether oxygens (including phenoxy) is 1. The van der Waals surface area contributed by atoms with Crippen LogP contribution in [0.1, 0.15) is 20.8 Å². The Hall–Kier alpha value is -1.49. The van der Waals surface area contributed by atoms with Crippen LogP contribution in [0.3, 0.4) is 0 Å². The Morgan fingerprint density at radius 1 is 1.21 bits per heavy atom. The van der Waals surface area contributed by atoms with E-state index in [1.807, 2.05) is 24.3 Å². The summed E-state index contributed by atoms with van der Waals surface area (Å²) < 4.78 is 7.32. The minimum Gasteiger partial charge on any atom is -0.497 e. The van der Waals surface area contributed by atoms with E-state index >= 15 is 0 Å². The third kappa shape index (κ3) is 3.10. The Kier molecular flexibility index (Phi) is 4.47. The van der Waals surface area contributed by atoms with Gasteiger partial charge in [-0.3, -0.25) is 0 Å². The van der Waals surface area contributed by atoms with E-state index in [4.69, 9.17) is 4.74 Å². The molecule has 4 nitrogen and oxygen atoms in total. The predicted octanol–water partition coefficient (Wildman–Crippen LogP) is 3.47. The van der Waals surface area contributed by atoms with Gasteiger partial charge in [-0.25, -0.2) is 0 Å². The molecule has 0 spiro atoms. The van der Waals surface area contributed by atoms with Crippen LogP contribution in [0.25, 0.3) is 11.4 Å². The normalized spacial score (nSPS) is 11.0. The van der Waals surface area contributed by atoms with Crippen molar-refractivity contribution >= 4 is 11.8 Å². The van der Waals surface area contributed by atoms with Crippen molar-refractivity contribution in [2.75, 3.05) is 7.11 Å². The summed E-state index contributed by atoms with van der Waals surface area (Å²) >= 11 is 1.74. The lowest BCUT2D eigenvalue weighted by Gasteiger charge is -2.09. The standard InChI is InChI=1S/C14H19N3OS/c1-5-17-13(15-16-14(17)19-10(2)3)11-6-8-12(18-4)9-7-11/h6-10H,5H2,1-4H3. The van der Waals surface area contributed by atoms with Crippen LogP contribution < -0.4 is 4.74 Å². The maximum atomic E-state index is 5.17. The van der Waals surface area contributed by atoms with Gasteiger partial charge in [0.25, 0.3) is 0 Å². The highest BCUT2D eigenvalue weighted by Gasteiger charge is 2.14. The summed E-state index contributed by atoms with van der Waals surface area (Å²) in [4.78, 5) is 0. The van der Waals surface area contributed by atoms with Crippen LogP contribution in [0.2, 0.25) is 0 Å². The molecule has 0 N–H and O–H groups in total. The first kappa shape index (κ1) is 13.9. The molecule has 2 aromatic rings. The second kappa shape index (κ2) is 6.10. The molecule has 1 heterocycles. The fourth-order valence-corrected chi connectivity index (χ4v) is 2.68. The summed E-state index contributed by atoms with van der Waals surface area (Å²) in [6, 6.07) is 7.91. The van der Waals surface area contributed by atoms with Crippen molar-refractivity contribution in [1.29, 1.82) is 0 Å². The summed E-state index contributed by atoms with van der Waals surface area (Å²) in [5.41, 5.74) is 1.06. The number of hydrogen-bond donors (Lipinski definition) is 0. The summed E-state index contributed by atoms with van der Waals surface area (Å²) in [6.07, 6.45) is 0. The molecule has 0 radical (unpaired) electrons. The second-order valence-electron chi connectivity index (χ2n) is 4.45. The zero-order chi connectivity index (χ0) is 13.8. The molecule has 0 aliphatic carbocycles. The zero-order valence-electron chi connectivity index (χ0n) is 11.8. The van der Waals surface area contributed by atoms with E-state index in [9.17, 15) is 0 Å². The molecule has 102 valence electrons. The van der Waals surface area contributed by atoms with Gasteiger partial charge in [-0.2, -0.15) is 0 Å². The Balaban J connectivity index is 2.35. The molecule has 0 saturated carbocycles. The Morgan fingerprint density at radius 3 is 2.42 bits per heavy atom. The Morgan fingerprint density at radius 2 is 1.89 bits per heavy atom. The fraction of sp³-hybridized carbons (Fsp3) is 0.429. The number of hydrogen-bond acceptors (Lipinski definition) is 4. The van der Waals surface area contributed by atoms with Crippen LogP contribution in [0.15, 0.2) is 29.4 Å². The van der Waals surface area contributed by atoms with Crippen molar-refractivity contribution in [3.63, 3.8) is 0 Å². The number of rotatable bonds is 5. The second-order valence-corrected chi connectivity index (χ2v) is 5.99. The van der Waals surface area contributed by atoms with E-state index in [2.05, 4.69) is 35.5 Å². The van der Waals surface area contributed by atoms with Crippen molar-refractivity contribution in [2.24, 2.45) is 0 Å². The van der Waals surface area contributed by atoms with Crippen LogP contribution in [0, 0.1) is 0 Å². The average Bonchev–Trinajstić information content (AvgIpc) is 2.80. The van der Waals surface area contributed by atoms with E-state index in [1.54, 1.807) is 18.9 Å². The largest absolute Gasteiger partial charge is 0.497 e. The predicted molar refractivity (Wildman–Crippen MR) is 78.7 cm³/mol. The highest BCUT2D eigenvalue weighted by atomic mass is 32.2. The molecule has 19 heavy (non-hydrogen) atoms. The number of aromatic nitrogens is 3. The molecule has 0 fully saturated rings. The summed E-state index contributed by atoms with van der Waals surface area (Å²) in [5, 5.41) is 10.1. The van der Waals surface area contributed by atoms with Gasteiger partial charge >= 0.3 is 0 Å². The zero-order valence-corrected chi connectivity index (χ0v) is 12.6. The molecule has 0 aliphatic heterocycles. The van der Waals surface area contributed by atoms with Gasteiger partial charge in [0.1, 0.15) is 5.75 Å². The minimum absolute atomic E-state index is 0.498. The highest BCUT2D eigenvalue weighted by Crippen LogP contribution is 2.27. The molecule has 0 saturated heterocycles. The SMILES string of the molecule is CCn1c(SC(C)C)nnc1-c1ccc(OC)cc1. The van der Waals surface area contributed by atoms with E-state index in [-0.39, 0.29) is 0 Å². The van der Waals surface area contributed by atoms with Gasteiger partial charge in [0.05, 0.1) is 7.11 Å². The third-order valence-electron chi connectivity index (χ3n) is 2.72. The van der Waals surface area contributed by atoms with E-state index in [1.165, 1.54) is 0 Å². The number of benzene rings is 1. The summed E-state index contributed by atoms with van der Waals surface area (Å²) in [7, 11) is 1.67. The summed E-state index contributed by atoms with van der Waals surface area (Å²) in [6.45, 7) is 7.29. The molecule has 0 amide bonds. The molecule has 0 unspecified atom stereocenters. The fourth-order valence-electron chi connectivity index (χ4n) is 1.83. The molecule has 1 aromatic carbocycles. The van der Waals surface area contributed by atoms with Crippen LogP contribution in [0.5, 0.6) is 5.75 Å². The molecule has 2 rings (SSSR count). The molecular weight excluding hydrogens is 258 g/mol. The summed E-state index contributed by atoms with van der Waals surface area (Å²) in [5.74, 6) is 1.76. The van der Waals surface area contributed by atoms with Crippen molar-refractivity contribution < 1.29 is 4.74 Å². The van der Waals surface area contributed by atoms with Crippen LogP contribution >= 0.6 is 11.8 Å². The molecule has 0 aliphatic rings. The third-order valence-corrected chi connectivity index (χ3v) is 3.71. The first-order valence-electron chi connectivity index (χ1n) is 6.40. The average molecular weight is 277 g/mol. The van der Waals surface area contributed by atoms with Crippen LogP contribution in [0.4, 0.5) is 0 Å². The van der Waals surface area contributed by atoms with E-state index < -0.39 is 0 Å². The quantitative estimate of drug-likeness (QED) is 0.785. The van der Waals surface area contributed by atoms with Gasteiger partial charge in [0.2, 0.25) is 0 Å². The highest BCUT2D eigenvalue weighted by molar-refractivity contribution is 7.99. The molecule has 5 heteroatoms. The van der Waals surface area contributed by atoms with Gasteiger partial charge in [-0.05, 0) is 31.2 Å².